The maximum atomic E-state index is 13.6. The molecule has 0 radical (unpaired) electrons. The normalized spacial score (nSPS) is 15.5. The van der Waals surface area contributed by atoms with Gasteiger partial charge < -0.3 is 30.3 Å². The van der Waals surface area contributed by atoms with Crippen LogP contribution in [0.3, 0.4) is 0 Å². The van der Waals surface area contributed by atoms with Crippen LogP contribution in [-0.4, -0.2) is 119 Å². The van der Waals surface area contributed by atoms with Gasteiger partial charge in [0.1, 0.15) is 11.5 Å². The van der Waals surface area contributed by atoms with Gasteiger partial charge >= 0.3 is 0 Å². The summed E-state index contributed by atoms with van der Waals surface area (Å²) in [6.45, 7) is 9.92. The summed E-state index contributed by atoms with van der Waals surface area (Å²) in [5.41, 5.74) is 3.84. The lowest BCUT2D eigenvalue weighted by atomic mass is 10.0. The predicted molar refractivity (Wildman–Crippen MR) is 253 cm³/mol. The third kappa shape index (κ3) is 11.4. The molecule has 0 atom stereocenters. The van der Waals surface area contributed by atoms with Crippen molar-refractivity contribution in [3.05, 3.63) is 86.4 Å². The van der Waals surface area contributed by atoms with E-state index in [0.717, 1.165) is 67.9 Å². The second kappa shape index (κ2) is 21.4. The summed E-state index contributed by atoms with van der Waals surface area (Å²) in [6, 6.07) is 10.7. The van der Waals surface area contributed by atoms with Crippen molar-refractivity contribution < 1.29 is 28.7 Å². The Labute approximate surface area is 386 Å². The summed E-state index contributed by atoms with van der Waals surface area (Å²) in [7, 11) is 0. The van der Waals surface area contributed by atoms with Crippen LogP contribution in [0.15, 0.2) is 53.6 Å². The first-order valence-electron chi connectivity index (χ1n) is 22.7. The van der Waals surface area contributed by atoms with Crippen LogP contribution in [0.1, 0.15) is 101 Å². The van der Waals surface area contributed by atoms with Gasteiger partial charge in [0.2, 0.25) is 17.8 Å². The molecule has 348 valence electrons. The smallest absolute Gasteiger partial charge is 0.263 e. The van der Waals surface area contributed by atoms with Crippen LogP contribution in [0, 0.1) is 13.8 Å². The van der Waals surface area contributed by atoms with Crippen molar-refractivity contribution >= 4 is 74.1 Å². The number of nitrogens with zero attached hydrogens (tertiary/aromatic N) is 7. The van der Waals surface area contributed by atoms with E-state index in [1.165, 1.54) is 18.3 Å². The number of ether oxygens (including phenoxy) is 2. The van der Waals surface area contributed by atoms with E-state index < -0.39 is 0 Å². The Kier molecular flexibility index (Phi) is 15.1. The van der Waals surface area contributed by atoms with Crippen LogP contribution in [0.5, 0.6) is 0 Å². The van der Waals surface area contributed by atoms with Crippen molar-refractivity contribution in [3.63, 3.8) is 0 Å². The Bertz CT molecular complexity index is 2620. The fraction of sp³-hybridized carbons (Fsp3) is 0.468. The Morgan fingerprint density at radius 2 is 1.59 bits per heavy atom. The highest BCUT2D eigenvalue weighted by Gasteiger charge is 2.29. The number of para-hydroxylation sites is 1. The van der Waals surface area contributed by atoms with Crippen molar-refractivity contribution in [2.24, 2.45) is 0 Å². The van der Waals surface area contributed by atoms with E-state index in [4.69, 9.17) is 14.5 Å². The zero-order chi connectivity index (χ0) is 46.2. The Morgan fingerprint density at radius 1 is 0.833 bits per heavy atom. The number of fused-ring (bicyclic) bond motifs is 1. The average molecular weight is 920 g/mol. The average Bonchev–Trinajstić information content (AvgIpc) is 3.87. The minimum Gasteiger partial charge on any atom is -0.379 e. The topological polar surface area (TPSA) is 215 Å². The summed E-state index contributed by atoms with van der Waals surface area (Å²) in [6.07, 6.45) is 9.64. The van der Waals surface area contributed by atoms with Gasteiger partial charge in [0.15, 0.2) is 10.9 Å². The van der Waals surface area contributed by atoms with Crippen LogP contribution in [0.25, 0.3) is 11.0 Å². The molecule has 1 saturated heterocycles. The van der Waals surface area contributed by atoms with Crippen molar-refractivity contribution in [2.75, 3.05) is 86.5 Å². The van der Waals surface area contributed by atoms with Gasteiger partial charge in [-0.05, 0) is 76.3 Å². The lowest BCUT2D eigenvalue weighted by Gasteiger charge is -2.35. The molecule has 0 spiro atoms. The zero-order valence-electron chi connectivity index (χ0n) is 37.7. The number of ketones is 1. The number of hydrogen-bond donors (Lipinski definition) is 4. The van der Waals surface area contributed by atoms with Gasteiger partial charge in [-0.1, -0.05) is 25.0 Å². The van der Waals surface area contributed by atoms with E-state index in [1.54, 1.807) is 48.1 Å². The molecule has 3 aliphatic rings. The quantitative estimate of drug-likeness (QED) is 0.0541. The molecule has 0 unspecified atom stereocenters. The number of carbonyl (C=O) groups is 4. The van der Waals surface area contributed by atoms with Gasteiger partial charge in [0.25, 0.3) is 11.5 Å². The molecular weight excluding hydrogens is 863 g/mol. The monoisotopic (exact) mass is 919 g/mol. The number of hydrogen-bond acceptors (Lipinski definition) is 15. The Balaban J connectivity index is 0.692. The molecule has 5 aromatic rings. The fourth-order valence-corrected chi connectivity index (χ4v) is 9.50. The number of amides is 3. The molecule has 3 fully saturated rings. The molecule has 5 heterocycles. The van der Waals surface area contributed by atoms with E-state index in [2.05, 4.69) is 46.0 Å². The minimum atomic E-state index is -0.329. The van der Waals surface area contributed by atoms with Crippen molar-refractivity contribution in [3.8, 4) is 0 Å². The molecule has 66 heavy (non-hydrogen) atoms. The first-order chi connectivity index (χ1) is 32.0. The molecule has 3 amide bonds. The van der Waals surface area contributed by atoms with Gasteiger partial charge in [-0.2, -0.15) is 4.98 Å². The summed E-state index contributed by atoms with van der Waals surface area (Å²) >= 11 is 1.46. The first-order valence-corrected chi connectivity index (χ1v) is 23.6. The molecule has 18 nitrogen and oxygen atoms in total. The van der Waals surface area contributed by atoms with Crippen LogP contribution in [0.4, 0.5) is 28.3 Å². The Morgan fingerprint density at radius 3 is 2.32 bits per heavy atom. The number of thiazole rings is 1. The van der Waals surface area contributed by atoms with E-state index in [1.807, 2.05) is 19.1 Å². The van der Waals surface area contributed by atoms with Crippen molar-refractivity contribution in [2.45, 2.75) is 77.7 Å². The van der Waals surface area contributed by atoms with Gasteiger partial charge in [0, 0.05) is 61.1 Å². The second-order valence-corrected chi connectivity index (χ2v) is 18.2. The lowest BCUT2D eigenvalue weighted by Crippen LogP contribution is -2.49. The number of anilines is 5. The largest absolute Gasteiger partial charge is 0.379 e. The van der Waals surface area contributed by atoms with Gasteiger partial charge in [-0.15, -0.1) is 11.3 Å². The lowest BCUT2D eigenvalue weighted by molar-refractivity contribution is -0.122. The maximum Gasteiger partial charge on any atom is 0.263 e. The molecule has 1 aromatic carbocycles. The predicted octanol–water partition coefficient (Wildman–Crippen LogP) is 5.75. The summed E-state index contributed by atoms with van der Waals surface area (Å²) in [5.74, 6) is 0.448. The number of nitrogens with one attached hydrogen (secondary N) is 4. The van der Waals surface area contributed by atoms with Gasteiger partial charge in [-0.3, -0.25) is 38.8 Å². The number of carbonyl (C=O) groups excluding carboxylic acids is 4. The molecule has 4 N–H and O–H groups in total. The number of rotatable bonds is 20. The molecule has 19 heteroatoms. The summed E-state index contributed by atoms with van der Waals surface area (Å²) < 4.78 is 12.9. The van der Waals surface area contributed by atoms with Crippen molar-refractivity contribution in [1.82, 2.24) is 34.7 Å². The maximum absolute atomic E-state index is 13.6. The highest BCUT2D eigenvalue weighted by molar-refractivity contribution is 7.15. The van der Waals surface area contributed by atoms with Crippen LogP contribution < -0.4 is 31.7 Å². The van der Waals surface area contributed by atoms with Crippen LogP contribution in [0.2, 0.25) is 0 Å². The Hall–Kier alpha value is -6.15. The number of Topliss-reactive ketones (excluding diaryl/α,β-unsaturated/α-hetero) is 1. The fourth-order valence-electron chi connectivity index (χ4n) is 8.61. The van der Waals surface area contributed by atoms with Crippen LogP contribution in [-0.2, 0) is 19.1 Å². The number of aryl methyl sites for hydroxylation is 2. The SMILES string of the molecule is CC(=O)c1c(C)c2cnc(Nc3ccc(N4CCN(CC(=O)NCCOCCOCCC(=O)Nc5ccccc5C(=O)Nc5nc(C6CC6)c(C)s5)CC4)cn3)nc2n(C2CCCC2)c1=O. The third-order valence-electron chi connectivity index (χ3n) is 12.2. The van der Waals surface area contributed by atoms with Gasteiger partial charge in [-0.25, -0.2) is 15.0 Å². The standard InChI is InChI=1S/C47H57N11O7S/c1-29-36-27-50-46(54-43(36)58(33-8-4-5-9-33)45(63)41(29)30(2)59)52-38-15-14-34(26-49-38)57-20-18-56(19-21-57)28-40(61)48-17-23-65-25-24-64-22-16-39(60)51-37-11-7-6-10-35(37)44(62)55-47-53-42(31(3)66-47)32-12-13-32/h6-7,10-11,14-15,26-27,32-33H,4-5,8-9,12-13,16-25,28H2,1-3H3,(H,48,61)(H,51,60)(H,53,55,62)(H,49,50,52,54). The number of piperazine rings is 1. The zero-order valence-corrected chi connectivity index (χ0v) is 38.5. The molecule has 1 aliphatic heterocycles. The molecule has 0 bridgehead atoms. The van der Waals surface area contributed by atoms with Crippen molar-refractivity contribution in [1.29, 1.82) is 0 Å². The minimum absolute atomic E-state index is 0.00613. The molecule has 4 aromatic heterocycles. The van der Waals surface area contributed by atoms with E-state index >= 15 is 0 Å². The molecule has 8 rings (SSSR count). The summed E-state index contributed by atoms with van der Waals surface area (Å²) in [4.78, 5) is 88.4. The number of pyridine rings is 2. The van der Waals surface area contributed by atoms with Gasteiger partial charge in [0.05, 0.1) is 73.8 Å². The first kappa shape index (κ1) is 46.4. The third-order valence-corrected chi connectivity index (χ3v) is 13.1. The molecule has 2 aliphatic carbocycles. The number of aromatic nitrogens is 5. The molecule has 2 saturated carbocycles. The van der Waals surface area contributed by atoms with E-state index in [9.17, 15) is 24.0 Å². The molecular formula is C47H57N11O7S. The second-order valence-electron chi connectivity index (χ2n) is 17.0. The van der Waals surface area contributed by atoms with Crippen LogP contribution >= 0.6 is 11.3 Å². The number of benzene rings is 1. The summed E-state index contributed by atoms with van der Waals surface area (Å²) in [5, 5.41) is 13.0. The highest BCUT2D eigenvalue weighted by Crippen LogP contribution is 2.43. The van der Waals surface area contributed by atoms with E-state index in [0.29, 0.717) is 90.1 Å². The highest BCUT2D eigenvalue weighted by atomic mass is 32.1. The van der Waals surface area contributed by atoms with E-state index in [-0.39, 0.29) is 60.2 Å².